The van der Waals surface area contributed by atoms with Crippen LogP contribution in [0, 0.1) is 17.8 Å². The topological polar surface area (TPSA) is 29.3 Å². The van der Waals surface area contributed by atoms with Gasteiger partial charge in [-0.25, -0.2) is 0 Å². The first kappa shape index (κ1) is 14.0. The third-order valence-corrected chi connectivity index (χ3v) is 3.98. The SMILES string of the molecule is CC(C)CN(C)C(CN)C1CCCC(C)C1. The molecule has 2 heteroatoms. The first-order chi connectivity index (χ1) is 7.54. The Morgan fingerprint density at radius 1 is 1.31 bits per heavy atom. The summed E-state index contributed by atoms with van der Waals surface area (Å²) in [5, 5.41) is 0. The summed E-state index contributed by atoms with van der Waals surface area (Å²) < 4.78 is 0. The van der Waals surface area contributed by atoms with Crippen LogP contribution in [0.2, 0.25) is 0 Å². The smallest absolute Gasteiger partial charge is 0.0243 e. The molecule has 0 heterocycles. The molecule has 2 N–H and O–H groups in total. The highest BCUT2D eigenvalue weighted by molar-refractivity contribution is 4.83. The molecule has 0 aromatic rings. The van der Waals surface area contributed by atoms with Gasteiger partial charge in [0, 0.05) is 19.1 Å². The first-order valence-corrected chi connectivity index (χ1v) is 6.94. The van der Waals surface area contributed by atoms with Gasteiger partial charge in [-0.1, -0.05) is 33.6 Å². The molecule has 0 bridgehead atoms. The number of hydrogen-bond acceptors (Lipinski definition) is 2. The second-order valence-electron chi connectivity index (χ2n) is 6.17. The van der Waals surface area contributed by atoms with Crippen LogP contribution in [0.1, 0.15) is 46.5 Å². The molecule has 1 rings (SSSR count). The van der Waals surface area contributed by atoms with Crippen molar-refractivity contribution in [1.29, 1.82) is 0 Å². The molecule has 1 fully saturated rings. The molecular formula is C14H30N2. The molecule has 1 aliphatic carbocycles. The van der Waals surface area contributed by atoms with Gasteiger partial charge < -0.3 is 10.6 Å². The van der Waals surface area contributed by atoms with Gasteiger partial charge in [0.2, 0.25) is 0 Å². The second kappa shape index (κ2) is 6.61. The van der Waals surface area contributed by atoms with Crippen LogP contribution in [-0.2, 0) is 0 Å². The maximum atomic E-state index is 5.98. The van der Waals surface area contributed by atoms with Crippen LogP contribution < -0.4 is 5.73 Å². The van der Waals surface area contributed by atoms with Gasteiger partial charge in [0.1, 0.15) is 0 Å². The Morgan fingerprint density at radius 3 is 2.50 bits per heavy atom. The standard InChI is InChI=1S/C14H30N2/c1-11(2)10-16(4)14(9-15)13-7-5-6-12(3)8-13/h11-14H,5-10,15H2,1-4H3. The zero-order valence-electron chi connectivity index (χ0n) is 11.6. The van der Waals surface area contributed by atoms with Gasteiger partial charge in [-0.2, -0.15) is 0 Å². The summed E-state index contributed by atoms with van der Waals surface area (Å²) in [7, 11) is 2.25. The van der Waals surface area contributed by atoms with E-state index in [1.807, 2.05) is 0 Å². The zero-order chi connectivity index (χ0) is 12.1. The van der Waals surface area contributed by atoms with Gasteiger partial charge >= 0.3 is 0 Å². The van der Waals surface area contributed by atoms with Crippen molar-refractivity contribution in [2.24, 2.45) is 23.5 Å². The van der Waals surface area contributed by atoms with E-state index >= 15 is 0 Å². The van der Waals surface area contributed by atoms with Gasteiger partial charge in [-0.15, -0.1) is 0 Å². The summed E-state index contributed by atoms with van der Waals surface area (Å²) in [6.45, 7) is 8.96. The number of nitrogens with two attached hydrogens (primary N) is 1. The Labute approximate surface area is 102 Å². The maximum Gasteiger partial charge on any atom is 0.0243 e. The molecule has 1 aliphatic rings. The minimum absolute atomic E-state index is 0.602. The van der Waals surface area contributed by atoms with E-state index < -0.39 is 0 Å². The van der Waals surface area contributed by atoms with Crippen LogP contribution in [0.3, 0.4) is 0 Å². The third kappa shape index (κ3) is 4.06. The molecule has 1 saturated carbocycles. The summed E-state index contributed by atoms with van der Waals surface area (Å²) in [5.74, 6) is 2.47. The van der Waals surface area contributed by atoms with Crippen LogP contribution in [0.15, 0.2) is 0 Å². The fourth-order valence-electron chi connectivity index (χ4n) is 3.27. The molecular weight excluding hydrogens is 196 g/mol. The van der Waals surface area contributed by atoms with Crippen LogP contribution in [0.4, 0.5) is 0 Å². The molecule has 0 saturated heterocycles. The van der Waals surface area contributed by atoms with E-state index in [0.29, 0.717) is 6.04 Å². The average Bonchev–Trinajstić information content (AvgIpc) is 2.17. The highest BCUT2D eigenvalue weighted by atomic mass is 15.1. The summed E-state index contributed by atoms with van der Waals surface area (Å²) in [6.07, 6.45) is 5.58. The molecule has 0 amide bonds. The monoisotopic (exact) mass is 226 g/mol. The Hall–Kier alpha value is -0.0800. The Bertz CT molecular complexity index is 191. The van der Waals surface area contributed by atoms with E-state index in [1.54, 1.807) is 0 Å². The van der Waals surface area contributed by atoms with Crippen molar-refractivity contribution in [2.45, 2.75) is 52.5 Å². The van der Waals surface area contributed by atoms with E-state index in [2.05, 4.69) is 32.7 Å². The normalized spacial score (nSPS) is 28.7. The van der Waals surface area contributed by atoms with Crippen molar-refractivity contribution in [2.75, 3.05) is 20.1 Å². The largest absolute Gasteiger partial charge is 0.329 e. The van der Waals surface area contributed by atoms with Gasteiger partial charge in [-0.05, 0) is 37.6 Å². The molecule has 0 radical (unpaired) electrons. The van der Waals surface area contributed by atoms with E-state index in [1.165, 1.54) is 32.2 Å². The van der Waals surface area contributed by atoms with Crippen molar-refractivity contribution < 1.29 is 0 Å². The van der Waals surface area contributed by atoms with Gasteiger partial charge in [0.15, 0.2) is 0 Å². The van der Waals surface area contributed by atoms with Gasteiger partial charge in [0.25, 0.3) is 0 Å². The molecule has 0 aromatic carbocycles. The Morgan fingerprint density at radius 2 is 2.00 bits per heavy atom. The predicted molar refractivity (Wildman–Crippen MR) is 71.4 cm³/mol. The minimum Gasteiger partial charge on any atom is -0.329 e. The number of hydrogen-bond donors (Lipinski definition) is 1. The quantitative estimate of drug-likeness (QED) is 0.781. The molecule has 2 nitrogen and oxygen atoms in total. The highest BCUT2D eigenvalue weighted by Crippen LogP contribution is 2.32. The minimum atomic E-state index is 0.602. The lowest BCUT2D eigenvalue weighted by Crippen LogP contribution is -2.46. The van der Waals surface area contributed by atoms with Crippen molar-refractivity contribution in [3.05, 3.63) is 0 Å². The fourth-order valence-corrected chi connectivity index (χ4v) is 3.27. The summed E-state index contributed by atoms with van der Waals surface area (Å²) in [6, 6.07) is 0.602. The molecule has 96 valence electrons. The molecule has 0 spiro atoms. The van der Waals surface area contributed by atoms with Gasteiger partial charge in [-0.3, -0.25) is 0 Å². The van der Waals surface area contributed by atoms with E-state index in [4.69, 9.17) is 5.73 Å². The number of rotatable bonds is 5. The van der Waals surface area contributed by atoms with Crippen molar-refractivity contribution in [3.63, 3.8) is 0 Å². The maximum absolute atomic E-state index is 5.98. The van der Waals surface area contributed by atoms with E-state index in [-0.39, 0.29) is 0 Å². The van der Waals surface area contributed by atoms with Crippen molar-refractivity contribution in [1.82, 2.24) is 4.90 Å². The molecule has 0 aromatic heterocycles. The molecule has 3 atom stereocenters. The molecule has 16 heavy (non-hydrogen) atoms. The van der Waals surface area contributed by atoms with Crippen molar-refractivity contribution in [3.8, 4) is 0 Å². The number of nitrogens with zero attached hydrogens (tertiary/aromatic N) is 1. The third-order valence-electron chi connectivity index (χ3n) is 3.98. The molecule has 3 unspecified atom stereocenters. The predicted octanol–water partition coefficient (Wildman–Crippen LogP) is 2.73. The van der Waals surface area contributed by atoms with E-state index in [0.717, 1.165) is 24.3 Å². The lowest BCUT2D eigenvalue weighted by atomic mass is 9.78. The first-order valence-electron chi connectivity index (χ1n) is 6.94. The Kier molecular flexibility index (Phi) is 5.77. The average molecular weight is 226 g/mol. The van der Waals surface area contributed by atoms with Crippen LogP contribution in [0.5, 0.6) is 0 Å². The Balaban J connectivity index is 2.51. The lowest BCUT2D eigenvalue weighted by molar-refractivity contribution is 0.120. The number of likely N-dealkylation sites (N-methyl/N-ethyl adjacent to an activating group) is 1. The van der Waals surface area contributed by atoms with Crippen molar-refractivity contribution >= 4 is 0 Å². The van der Waals surface area contributed by atoms with Crippen LogP contribution >= 0.6 is 0 Å². The molecule has 0 aliphatic heterocycles. The summed E-state index contributed by atoms with van der Waals surface area (Å²) in [5.41, 5.74) is 5.98. The zero-order valence-corrected chi connectivity index (χ0v) is 11.6. The summed E-state index contributed by atoms with van der Waals surface area (Å²) >= 11 is 0. The second-order valence-corrected chi connectivity index (χ2v) is 6.17. The highest BCUT2D eigenvalue weighted by Gasteiger charge is 2.28. The lowest BCUT2D eigenvalue weighted by Gasteiger charge is -2.38. The van der Waals surface area contributed by atoms with Crippen LogP contribution in [-0.4, -0.2) is 31.1 Å². The van der Waals surface area contributed by atoms with Gasteiger partial charge in [0.05, 0.1) is 0 Å². The van der Waals surface area contributed by atoms with Crippen LogP contribution in [0.25, 0.3) is 0 Å². The summed E-state index contributed by atoms with van der Waals surface area (Å²) in [4.78, 5) is 2.49. The van der Waals surface area contributed by atoms with E-state index in [9.17, 15) is 0 Å². The fraction of sp³-hybridized carbons (Fsp3) is 1.00.